The second kappa shape index (κ2) is 9.94. The van der Waals surface area contributed by atoms with Gasteiger partial charge in [0.15, 0.2) is 0 Å². The van der Waals surface area contributed by atoms with Crippen molar-refractivity contribution in [3.8, 4) is 0 Å². The Balaban J connectivity index is 1.58. The number of amides is 2. The van der Waals surface area contributed by atoms with Crippen molar-refractivity contribution in [1.82, 2.24) is 20.2 Å². The number of rotatable bonds is 8. The molecule has 1 aromatic carbocycles. The number of nitrogens with zero attached hydrogens (tertiary/aromatic N) is 3. The van der Waals surface area contributed by atoms with E-state index in [1.54, 1.807) is 4.90 Å². The number of benzene rings is 1. The van der Waals surface area contributed by atoms with Crippen LogP contribution in [0.1, 0.15) is 48.3 Å². The van der Waals surface area contributed by atoms with Gasteiger partial charge in [0.1, 0.15) is 5.69 Å². The van der Waals surface area contributed by atoms with Gasteiger partial charge >= 0.3 is 0 Å². The maximum Gasteiger partial charge on any atom is 0.274 e. The predicted molar refractivity (Wildman–Crippen MR) is 105 cm³/mol. The SMILES string of the molecule is C[C@H](NC(=O)CCN(C[C@@H]1CCCO1)C(=O)c1cnccn1)c1ccccc1. The molecule has 0 aliphatic carbocycles. The Morgan fingerprint density at radius 3 is 2.79 bits per heavy atom. The van der Waals surface area contributed by atoms with E-state index < -0.39 is 0 Å². The molecule has 7 nitrogen and oxygen atoms in total. The third kappa shape index (κ3) is 5.60. The Labute approximate surface area is 165 Å². The van der Waals surface area contributed by atoms with Crippen LogP contribution in [-0.4, -0.2) is 52.5 Å². The van der Waals surface area contributed by atoms with Crippen LogP contribution >= 0.6 is 0 Å². The molecule has 1 aromatic heterocycles. The highest BCUT2D eigenvalue weighted by molar-refractivity contribution is 5.92. The average molecular weight is 382 g/mol. The van der Waals surface area contributed by atoms with Gasteiger partial charge in [-0.1, -0.05) is 30.3 Å². The summed E-state index contributed by atoms with van der Waals surface area (Å²) in [6.07, 6.45) is 6.60. The topological polar surface area (TPSA) is 84.4 Å². The van der Waals surface area contributed by atoms with Gasteiger partial charge in [0.05, 0.1) is 18.3 Å². The Hall–Kier alpha value is -2.80. The molecule has 1 N–H and O–H groups in total. The summed E-state index contributed by atoms with van der Waals surface area (Å²) in [4.78, 5) is 35.0. The lowest BCUT2D eigenvalue weighted by atomic mass is 10.1. The highest BCUT2D eigenvalue weighted by Gasteiger charge is 2.25. The average Bonchev–Trinajstić information content (AvgIpc) is 3.25. The molecule has 1 aliphatic heterocycles. The molecule has 2 atom stereocenters. The number of aromatic nitrogens is 2. The highest BCUT2D eigenvalue weighted by atomic mass is 16.5. The maximum absolute atomic E-state index is 12.8. The minimum Gasteiger partial charge on any atom is -0.376 e. The van der Waals surface area contributed by atoms with E-state index in [1.807, 2.05) is 37.3 Å². The summed E-state index contributed by atoms with van der Waals surface area (Å²) in [7, 11) is 0. The zero-order chi connectivity index (χ0) is 19.8. The normalized spacial score (nSPS) is 17.1. The van der Waals surface area contributed by atoms with Crippen molar-refractivity contribution in [2.24, 2.45) is 0 Å². The molecule has 2 aromatic rings. The Morgan fingerprint density at radius 1 is 1.29 bits per heavy atom. The molecule has 2 amide bonds. The molecule has 0 bridgehead atoms. The molecule has 2 heterocycles. The van der Waals surface area contributed by atoms with Crippen LogP contribution < -0.4 is 5.32 Å². The fourth-order valence-corrected chi connectivity index (χ4v) is 3.26. The summed E-state index contributed by atoms with van der Waals surface area (Å²) in [5.74, 6) is -0.326. The predicted octanol–water partition coefficient (Wildman–Crippen LogP) is 2.37. The monoisotopic (exact) mass is 382 g/mol. The number of nitrogens with one attached hydrogen (secondary N) is 1. The third-order valence-corrected chi connectivity index (χ3v) is 4.80. The van der Waals surface area contributed by atoms with Gasteiger partial charge in [-0.05, 0) is 25.3 Å². The van der Waals surface area contributed by atoms with Crippen molar-refractivity contribution in [2.45, 2.75) is 38.3 Å². The van der Waals surface area contributed by atoms with Gasteiger partial charge in [-0.3, -0.25) is 14.6 Å². The summed E-state index contributed by atoms with van der Waals surface area (Å²) >= 11 is 0. The van der Waals surface area contributed by atoms with Gasteiger partial charge in [0.25, 0.3) is 5.91 Å². The van der Waals surface area contributed by atoms with Crippen LogP contribution in [-0.2, 0) is 9.53 Å². The molecule has 28 heavy (non-hydrogen) atoms. The van der Waals surface area contributed by atoms with Gasteiger partial charge in [-0.25, -0.2) is 4.98 Å². The fourth-order valence-electron chi connectivity index (χ4n) is 3.26. The Morgan fingerprint density at radius 2 is 2.11 bits per heavy atom. The molecular formula is C21H26N4O3. The quantitative estimate of drug-likeness (QED) is 0.758. The number of ether oxygens (including phenoxy) is 1. The molecule has 1 aliphatic rings. The molecular weight excluding hydrogens is 356 g/mol. The first-order chi connectivity index (χ1) is 13.6. The van der Waals surface area contributed by atoms with Gasteiger partial charge in [0.2, 0.25) is 5.91 Å². The highest BCUT2D eigenvalue weighted by Crippen LogP contribution is 2.15. The van der Waals surface area contributed by atoms with Crippen LogP contribution in [0.15, 0.2) is 48.9 Å². The number of hydrogen-bond acceptors (Lipinski definition) is 5. The lowest BCUT2D eigenvalue weighted by molar-refractivity contribution is -0.122. The summed E-state index contributed by atoms with van der Waals surface area (Å²) in [5, 5.41) is 2.99. The van der Waals surface area contributed by atoms with Crippen LogP contribution in [0, 0.1) is 0 Å². The largest absolute Gasteiger partial charge is 0.376 e. The number of carbonyl (C=O) groups excluding carboxylic acids is 2. The minimum atomic E-state index is -0.229. The first-order valence-electron chi connectivity index (χ1n) is 9.64. The smallest absolute Gasteiger partial charge is 0.274 e. The van der Waals surface area contributed by atoms with Crippen LogP contribution in [0.5, 0.6) is 0 Å². The number of hydrogen-bond donors (Lipinski definition) is 1. The van der Waals surface area contributed by atoms with Crippen LogP contribution in [0.3, 0.4) is 0 Å². The number of carbonyl (C=O) groups is 2. The van der Waals surface area contributed by atoms with E-state index in [4.69, 9.17) is 4.74 Å². The van der Waals surface area contributed by atoms with Gasteiger partial charge in [-0.15, -0.1) is 0 Å². The van der Waals surface area contributed by atoms with Crippen LogP contribution in [0.2, 0.25) is 0 Å². The lowest BCUT2D eigenvalue weighted by Crippen LogP contribution is -2.40. The summed E-state index contributed by atoms with van der Waals surface area (Å²) in [5.41, 5.74) is 1.32. The van der Waals surface area contributed by atoms with Gasteiger partial charge in [0, 0.05) is 38.5 Å². The van der Waals surface area contributed by atoms with E-state index in [0.717, 1.165) is 18.4 Å². The molecule has 0 unspecified atom stereocenters. The summed E-state index contributed by atoms with van der Waals surface area (Å²) in [6.45, 7) is 3.43. The molecule has 3 rings (SSSR count). The molecule has 148 valence electrons. The standard InChI is InChI=1S/C21H26N4O3/c1-16(17-6-3-2-4-7-17)24-20(26)9-12-25(15-18-8-5-13-28-18)21(27)19-14-22-10-11-23-19/h2-4,6-7,10-11,14,16,18H,5,8-9,12-13,15H2,1H3,(H,24,26)/t16-,18-/m0/s1. The first-order valence-corrected chi connectivity index (χ1v) is 9.64. The zero-order valence-electron chi connectivity index (χ0n) is 16.1. The summed E-state index contributed by atoms with van der Waals surface area (Å²) in [6, 6.07) is 9.70. The van der Waals surface area contributed by atoms with E-state index in [0.29, 0.717) is 19.7 Å². The third-order valence-electron chi connectivity index (χ3n) is 4.80. The van der Waals surface area contributed by atoms with Gasteiger partial charge in [-0.2, -0.15) is 0 Å². The van der Waals surface area contributed by atoms with Crippen molar-refractivity contribution in [3.05, 3.63) is 60.2 Å². The van der Waals surface area contributed by atoms with Crippen LogP contribution in [0.25, 0.3) is 0 Å². The van der Waals surface area contributed by atoms with Crippen molar-refractivity contribution < 1.29 is 14.3 Å². The first kappa shape index (κ1) is 19.9. The summed E-state index contributed by atoms with van der Waals surface area (Å²) < 4.78 is 5.67. The van der Waals surface area contributed by atoms with Gasteiger partial charge < -0.3 is 15.0 Å². The van der Waals surface area contributed by atoms with E-state index >= 15 is 0 Å². The van der Waals surface area contributed by atoms with Crippen molar-refractivity contribution in [1.29, 1.82) is 0 Å². The van der Waals surface area contributed by atoms with E-state index in [-0.39, 0.29) is 36.1 Å². The maximum atomic E-state index is 12.8. The molecule has 0 spiro atoms. The second-order valence-corrected chi connectivity index (χ2v) is 6.93. The van der Waals surface area contributed by atoms with Crippen molar-refractivity contribution in [2.75, 3.05) is 19.7 Å². The van der Waals surface area contributed by atoms with E-state index in [2.05, 4.69) is 15.3 Å². The van der Waals surface area contributed by atoms with E-state index in [1.165, 1.54) is 18.6 Å². The fraction of sp³-hybridized carbons (Fsp3) is 0.429. The lowest BCUT2D eigenvalue weighted by Gasteiger charge is -2.25. The second-order valence-electron chi connectivity index (χ2n) is 6.93. The van der Waals surface area contributed by atoms with E-state index in [9.17, 15) is 9.59 Å². The van der Waals surface area contributed by atoms with Crippen LogP contribution in [0.4, 0.5) is 0 Å². The molecule has 0 saturated carbocycles. The molecule has 1 saturated heterocycles. The van der Waals surface area contributed by atoms with Crippen molar-refractivity contribution in [3.63, 3.8) is 0 Å². The Bertz CT molecular complexity index is 764. The zero-order valence-corrected chi connectivity index (χ0v) is 16.1. The molecule has 1 fully saturated rings. The molecule has 0 radical (unpaired) electrons. The Kier molecular flexibility index (Phi) is 7.08. The molecule has 7 heteroatoms. The van der Waals surface area contributed by atoms with Crippen molar-refractivity contribution >= 4 is 11.8 Å². The minimum absolute atomic E-state index is 0.00641.